The molecule has 0 saturated heterocycles. The highest BCUT2D eigenvalue weighted by Crippen LogP contribution is 2.29. The van der Waals surface area contributed by atoms with Gasteiger partial charge >= 0.3 is 0 Å². The molecule has 1 aliphatic rings. The largest absolute Gasteiger partial charge is 0.312 e. The number of fused-ring (bicyclic) bond motifs is 1. The molecule has 0 saturated carbocycles. The van der Waals surface area contributed by atoms with Gasteiger partial charge in [0.25, 0.3) is 0 Å². The van der Waals surface area contributed by atoms with E-state index < -0.39 is 10.0 Å². The third-order valence-electron chi connectivity index (χ3n) is 3.87. The molecule has 1 aromatic heterocycles. The maximum atomic E-state index is 12.1. The highest BCUT2D eigenvalue weighted by Gasteiger charge is 2.23. The van der Waals surface area contributed by atoms with Crippen LogP contribution in [0.2, 0.25) is 0 Å². The van der Waals surface area contributed by atoms with Gasteiger partial charge < -0.3 is 4.90 Å². The van der Waals surface area contributed by atoms with Crippen LogP contribution in [-0.4, -0.2) is 20.9 Å². The fraction of sp³-hybridized carbons (Fsp3) is 0.312. The SMILES string of the molecule is CCC(=O)N1CCc2cc(CNS(=O)(=O)c3cccs3)ccc21. The van der Waals surface area contributed by atoms with Crippen LogP contribution in [0.15, 0.2) is 39.9 Å². The van der Waals surface area contributed by atoms with Crippen molar-refractivity contribution in [3.8, 4) is 0 Å². The van der Waals surface area contributed by atoms with Gasteiger partial charge in [-0.3, -0.25) is 4.79 Å². The molecule has 0 spiro atoms. The van der Waals surface area contributed by atoms with Gasteiger partial charge in [-0.15, -0.1) is 11.3 Å². The third kappa shape index (κ3) is 3.31. The summed E-state index contributed by atoms with van der Waals surface area (Å²) in [6.45, 7) is 2.80. The molecule has 0 atom stereocenters. The van der Waals surface area contributed by atoms with E-state index in [0.29, 0.717) is 17.2 Å². The zero-order valence-corrected chi connectivity index (χ0v) is 14.4. The predicted molar refractivity (Wildman–Crippen MR) is 91.1 cm³/mol. The molecule has 5 nitrogen and oxygen atoms in total. The van der Waals surface area contributed by atoms with E-state index in [0.717, 1.165) is 23.2 Å². The predicted octanol–water partition coefficient (Wildman–Crippen LogP) is 2.53. The van der Waals surface area contributed by atoms with E-state index in [2.05, 4.69) is 4.72 Å². The van der Waals surface area contributed by atoms with Crippen LogP contribution in [-0.2, 0) is 27.8 Å². The maximum Gasteiger partial charge on any atom is 0.250 e. The highest BCUT2D eigenvalue weighted by atomic mass is 32.2. The van der Waals surface area contributed by atoms with E-state index in [1.165, 1.54) is 11.3 Å². The van der Waals surface area contributed by atoms with Gasteiger partial charge in [-0.05, 0) is 35.1 Å². The summed E-state index contributed by atoms with van der Waals surface area (Å²) in [5.41, 5.74) is 2.94. The first kappa shape index (κ1) is 16.2. The van der Waals surface area contributed by atoms with Crippen molar-refractivity contribution in [2.24, 2.45) is 0 Å². The number of rotatable bonds is 5. The maximum absolute atomic E-state index is 12.1. The van der Waals surface area contributed by atoms with Crippen molar-refractivity contribution in [1.29, 1.82) is 0 Å². The number of hydrogen-bond acceptors (Lipinski definition) is 4. The number of anilines is 1. The molecule has 23 heavy (non-hydrogen) atoms. The fourth-order valence-electron chi connectivity index (χ4n) is 2.68. The normalized spacial score (nSPS) is 14.0. The fourth-order valence-corrected chi connectivity index (χ4v) is 4.74. The van der Waals surface area contributed by atoms with Gasteiger partial charge in [-0.25, -0.2) is 13.1 Å². The van der Waals surface area contributed by atoms with Crippen LogP contribution in [0.4, 0.5) is 5.69 Å². The number of amides is 1. The highest BCUT2D eigenvalue weighted by molar-refractivity contribution is 7.91. The number of nitrogens with zero attached hydrogens (tertiary/aromatic N) is 1. The average molecular weight is 350 g/mol. The number of nitrogens with one attached hydrogen (secondary N) is 1. The molecule has 7 heteroatoms. The van der Waals surface area contributed by atoms with Gasteiger partial charge in [0.15, 0.2) is 0 Å². The molecule has 122 valence electrons. The first-order chi connectivity index (χ1) is 11.0. The molecule has 1 amide bonds. The zero-order chi connectivity index (χ0) is 16.4. The summed E-state index contributed by atoms with van der Waals surface area (Å²) in [5.74, 6) is 0.120. The molecule has 0 aliphatic carbocycles. The molecule has 0 fully saturated rings. The van der Waals surface area contributed by atoms with E-state index in [-0.39, 0.29) is 12.5 Å². The lowest BCUT2D eigenvalue weighted by Crippen LogP contribution is -2.27. The van der Waals surface area contributed by atoms with E-state index in [1.54, 1.807) is 22.4 Å². The van der Waals surface area contributed by atoms with Crippen molar-refractivity contribution in [2.45, 2.75) is 30.5 Å². The Bertz CT molecular complexity index is 814. The number of carbonyl (C=O) groups excluding carboxylic acids is 1. The Balaban J connectivity index is 1.73. The van der Waals surface area contributed by atoms with Gasteiger partial charge in [0.05, 0.1) is 0 Å². The molecule has 1 aromatic carbocycles. The van der Waals surface area contributed by atoms with Crippen LogP contribution in [0.1, 0.15) is 24.5 Å². The van der Waals surface area contributed by atoms with Gasteiger partial charge in [-0.2, -0.15) is 0 Å². The Labute approximate surface area is 140 Å². The molecule has 1 N–H and O–H groups in total. The van der Waals surface area contributed by atoms with Crippen LogP contribution in [0, 0.1) is 0 Å². The summed E-state index contributed by atoms with van der Waals surface area (Å²) < 4.78 is 27.2. The Kier molecular flexibility index (Phi) is 4.52. The number of carbonyl (C=O) groups is 1. The van der Waals surface area contributed by atoms with E-state index in [1.807, 2.05) is 25.1 Å². The van der Waals surface area contributed by atoms with Crippen LogP contribution in [0.5, 0.6) is 0 Å². The van der Waals surface area contributed by atoms with Crippen molar-refractivity contribution in [2.75, 3.05) is 11.4 Å². The van der Waals surface area contributed by atoms with Gasteiger partial charge in [0.2, 0.25) is 15.9 Å². The minimum absolute atomic E-state index is 0.120. The first-order valence-electron chi connectivity index (χ1n) is 7.46. The topological polar surface area (TPSA) is 66.5 Å². The summed E-state index contributed by atoms with van der Waals surface area (Å²) in [4.78, 5) is 13.7. The standard InChI is InChI=1S/C16H18N2O3S2/c1-2-15(19)18-8-7-13-10-12(5-6-14(13)18)11-17-23(20,21)16-4-3-9-22-16/h3-6,9-10,17H,2,7-8,11H2,1H3. The van der Waals surface area contributed by atoms with Crippen molar-refractivity contribution in [1.82, 2.24) is 4.72 Å². The average Bonchev–Trinajstić information content (AvgIpc) is 3.21. The molecule has 1 aliphatic heterocycles. The summed E-state index contributed by atoms with van der Waals surface area (Å²) in [7, 11) is -3.45. The summed E-state index contributed by atoms with van der Waals surface area (Å²) >= 11 is 1.20. The van der Waals surface area contributed by atoms with Gasteiger partial charge in [-0.1, -0.05) is 25.1 Å². The number of benzene rings is 1. The van der Waals surface area contributed by atoms with E-state index in [9.17, 15) is 13.2 Å². The Morgan fingerprint density at radius 2 is 2.17 bits per heavy atom. The van der Waals surface area contributed by atoms with Gasteiger partial charge in [0.1, 0.15) is 4.21 Å². The van der Waals surface area contributed by atoms with E-state index in [4.69, 9.17) is 0 Å². The molecule has 0 unspecified atom stereocenters. The Hall–Kier alpha value is -1.70. The molecule has 3 rings (SSSR count). The van der Waals surface area contributed by atoms with Crippen LogP contribution in [0.25, 0.3) is 0 Å². The summed E-state index contributed by atoms with van der Waals surface area (Å²) in [5, 5.41) is 1.74. The first-order valence-corrected chi connectivity index (χ1v) is 9.83. The lowest BCUT2D eigenvalue weighted by atomic mass is 10.1. The Morgan fingerprint density at radius 3 is 2.87 bits per heavy atom. The molecule has 2 aromatic rings. The second-order valence-electron chi connectivity index (χ2n) is 5.37. The van der Waals surface area contributed by atoms with Crippen molar-refractivity contribution >= 4 is 33.0 Å². The molecular weight excluding hydrogens is 332 g/mol. The molecule has 2 heterocycles. The summed E-state index contributed by atoms with van der Waals surface area (Å²) in [6, 6.07) is 9.06. The van der Waals surface area contributed by atoms with Crippen molar-refractivity contribution < 1.29 is 13.2 Å². The lowest BCUT2D eigenvalue weighted by molar-refractivity contribution is -0.118. The van der Waals surface area contributed by atoms with Crippen LogP contribution < -0.4 is 9.62 Å². The van der Waals surface area contributed by atoms with Crippen LogP contribution >= 0.6 is 11.3 Å². The molecule has 0 radical (unpaired) electrons. The quantitative estimate of drug-likeness (QED) is 0.901. The van der Waals surface area contributed by atoms with E-state index >= 15 is 0 Å². The minimum atomic E-state index is -3.45. The Morgan fingerprint density at radius 1 is 1.35 bits per heavy atom. The number of thiophene rings is 1. The smallest absolute Gasteiger partial charge is 0.250 e. The van der Waals surface area contributed by atoms with Crippen molar-refractivity contribution in [3.05, 3.63) is 46.8 Å². The van der Waals surface area contributed by atoms with Crippen molar-refractivity contribution in [3.63, 3.8) is 0 Å². The number of sulfonamides is 1. The minimum Gasteiger partial charge on any atom is -0.312 e. The van der Waals surface area contributed by atoms with Gasteiger partial charge in [0, 0.05) is 25.2 Å². The second kappa shape index (κ2) is 6.43. The summed E-state index contributed by atoms with van der Waals surface area (Å²) in [6.07, 6.45) is 1.30. The number of hydrogen-bond donors (Lipinski definition) is 1. The second-order valence-corrected chi connectivity index (χ2v) is 8.31. The zero-order valence-electron chi connectivity index (χ0n) is 12.8. The monoisotopic (exact) mass is 350 g/mol. The lowest BCUT2D eigenvalue weighted by Gasteiger charge is -2.16. The molecule has 0 bridgehead atoms. The molecular formula is C16H18N2O3S2. The third-order valence-corrected chi connectivity index (χ3v) is 6.67. The van der Waals surface area contributed by atoms with Crippen LogP contribution in [0.3, 0.4) is 0 Å².